The van der Waals surface area contributed by atoms with Crippen molar-refractivity contribution >= 4 is 33.6 Å². The van der Waals surface area contributed by atoms with Crippen LogP contribution in [-0.2, 0) is 10.3 Å². The van der Waals surface area contributed by atoms with E-state index in [0.717, 1.165) is 22.9 Å². The first-order chi connectivity index (χ1) is 6.68. The predicted octanol–water partition coefficient (Wildman–Crippen LogP) is 3.43. The molecule has 0 radical (unpaired) electrons. The zero-order valence-electron chi connectivity index (χ0n) is 7.26. The third-order valence-corrected chi connectivity index (χ3v) is 3.67. The van der Waals surface area contributed by atoms with Gasteiger partial charge in [0.25, 0.3) is 0 Å². The third kappa shape index (κ3) is 1.63. The number of isocyanates is 1. The maximum atomic E-state index is 10.3. The Morgan fingerprint density at radius 2 is 2.21 bits per heavy atom. The van der Waals surface area contributed by atoms with Gasteiger partial charge in [-0.2, -0.15) is 4.99 Å². The van der Waals surface area contributed by atoms with Gasteiger partial charge in [0, 0.05) is 4.47 Å². The van der Waals surface area contributed by atoms with Crippen molar-refractivity contribution in [1.82, 2.24) is 0 Å². The second-order valence-corrected chi connectivity index (χ2v) is 4.63. The molecule has 0 heterocycles. The molecule has 72 valence electrons. The van der Waals surface area contributed by atoms with Crippen molar-refractivity contribution in [3.05, 3.63) is 33.3 Å². The molecule has 2 nitrogen and oxygen atoms in total. The highest BCUT2D eigenvalue weighted by molar-refractivity contribution is 9.10. The van der Waals surface area contributed by atoms with E-state index in [1.807, 2.05) is 18.2 Å². The molecule has 0 atom stereocenters. The van der Waals surface area contributed by atoms with Crippen LogP contribution in [0, 0.1) is 0 Å². The summed E-state index contributed by atoms with van der Waals surface area (Å²) in [6, 6.07) is 5.65. The molecule has 1 aliphatic rings. The number of aliphatic imine (C=N–C) groups is 1. The quantitative estimate of drug-likeness (QED) is 0.599. The fourth-order valence-electron chi connectivity index (χ4n) is 1.46. The van der Waals surface area contributed by atoms with E-state index in [4.69, 9.17) is 11.6 Å². The van der Waals surface area contributed by atoms with Crippen LogP contribution < -0.4 is 0 Å². The highest BCUT2D eigenvalue weighted by Gasteiger charge is 2.44. The van der Waals surface area contributed by atoms with Gasteiger partial charge in [0.05, 0.1) is 10.6 Å². The molecule has 1 aliphatic carbocycles. The molecule has 0 amide bonds. The van der Waals surface area contributed by atoms with Crippen LogP contribution in [0.2, 0.25) is 5.02 Å². The van der Waals surface area contributed by atoms with Gasteiger partial charge in [-0.1, -0.05) is 17.7 Å². The fourth-order valence-corrected chi connectivity index (χ4v) is 1.88. The number of halogens is 2. The fraction of sp³-hybridized carbons (Fsp3) is 0.300. The number of benzene rings is 1. The Balaban J connectivity index is 2.42. The highest BCUT2D eigenvalue weighted by Crippen LogP contribution is 2.50. The zero-order valence-corrected chi connectivity index (χ0v) is 9.60. The van der Waals surface area contributed by atoms with Gasteiger partial charge in [0.1, 0.15) is 0 Å². The van der Waals surface area contributed by atoms with Gasteiger partial charge in [0.15, 0.2) is 0 Å². The molecule has 0 N–H and O–H groups in total. The van der Waals surface area contributed by atoms with Gasteiger partial charge >= 0.3 is 0 Å². The summed E-state index contributed by atoms with van der Waals surface area (Å²) in [5, 5.41) is 0.648. The summed E-state index contributed by atoms with van der Waals surface area (Å²) < 4.78 is 0.855. The minimum absolute atomic E-state index is 0.327. The maximum absolute atomic E-state index is 10.3. The largest absolute Gasteiger partial charge is 0.235 e. The van der Waals surface area contributed by atoms with Crippen LogP contribution in [0.5, 0.6) is 0 Å². The lowest BCUT2D eigenvalue weighted by Crippen LogP contribution is -2.01. The number of nitrogens with zero attached hydrogens (tertiary/aromatic N) is 1. The van der Waals surface area contributed by atoms with Crippen molar-refractivity contribution in [1.29, 1.82) is 0 Å². The van der Waals surface area contributed by atoms with Gasteiger partial charge in [-0.05, 0) is 46.5 Å². The molecule has 2 rings (SSSR count). The summed E-state index contributed by atoms with van der Waals surface area (Å²) in [7, 11) is 0. The number of rotatable bonds is 2. The SMILES string of the molecule is O=C=NC1(c2ccc(Br)c(Cl)c2)CC1. The van der Waals surface area contributed by atoms with E-state index in [9.17, 15) is 4.79 Å². The average Bonchev–Trinajstić information content (AvgIpc) is 2.91. The van der Waals surface area contributed by atoms with Crippen molar-refractivity contribution in [2.45, 2.75) is 18.4 Å². The second kappa shape index (κ2) is 3.50. The van der Waals surface area contributed by atoms with Gasteiger partial charge in [-0.3, -0.25) is 0 Å². The topological polar surface area (TPSA) is 29.4 Å². The van der Waals surface area contributed by atoms with Crippen LogP contribution in [0.4, 0.5) is 0 Å². The molecule has 0 aromatic heterocycles. The molecule has 1 fully saturated rings. The van der Waals surface area contributed by atoms with Gasteiger partial charge < -0.3 is 0 Å². The normalized spacial score (nSPS) is 17.3. The van der Waals surface area contributed by atoms with Crippen LogP contribution in [0.1, 0.15) is 18.4 Å². The second-order valence-electron chi connectivity index (χ2n) is 3.36. The number of hydrogen-bond donors (Lipinski definition) is 0. The molecule has 0 saturated heterocycles. The van der Waals surface area contributed by atoms with Crippen molar-refractivity contribution in [3.8, 4) is 0 Å². The first kappa shape index (κ1) is 9.91. The zero-order chi connectivity index (χ0) is 10.2. The lowest BCUT2D eigenvalue weighted by atomic mass is 10.1. The molecule has 1 saturated carbocycles. The smallest absolute Gasteiger partial charge is 0.211 e. The maximum Gasteiger partial charge on any atom is 0.235 e. The molecule has 0 aliphatic heterocycles. The number of carbonyl (C=O) groups excluding carboxylic acids is 1. The van der Waals surface area contributed by atoms with Crippen LogP contribution in [-0.4, -0.2) is 6.08 Å². The predicted molar refractivity (Wildman–Crippen MR) is 58.2 cm³/mol. The van der Waals surface area contributed by atoms with E-state index in [-0.39, 0.29) is 5.54 Å². The molecule has 14 heavy (non-hydrogen) atoms. The van der Waals surface area contributed by atoms with Gasteiger partial charge in [0.2, 0.25) is 6.08 Å². The molecular weight excluding hydrogens is 265 g/mol. The Morgan fingerprint density at radius 1 is 1.50 bits per heavy atom. The van der Waals surface area contributed by atoms with Crippen LogP contribution in [0.15, 0.2) is 27.7 Å². The Labute approximate surface area is 95.1 Å². The lowest BCUT2D eigenvalue weighted by Gasteiger charge is -2.08. The number of hydrogen-bond acceptors (Lipinski definition) is 2. The van der Waals surface area contributed by atoms with Crippen molar-refractivity contribution in [3.63, 3.8) is 0 Å². The molecule has 0 spiro atoms. The van der Waals surface area contributed by atoms with Crippen molar-refractivity contribution < 1.29 is 4.79 Å². The highest BCUT2D eigenvalue weighted by atomic mass is 79.9. The summed E-state index contributed by atoms with van der Waals surface area (Å²) in [6.45, 7) is 0. The Hall–Kier alpha value is -0.630. The minimum Gasteiger partial charge on any atom is -0.211 e. The van der Waals surface area contributed by atoms with Crippen molar-refractivity contribution in [2.24, 2.45) is 4.99 Å². The van der Waals surface area contributed by atoms with Crippen molar-refractivity contribution in [2.75, 3.05) is 0 Å². The van der Waals surface area contributed by atoms with Gasteiger partial charge in [-0.25, -0.2) is 4.79 Å². The summed E-state index contributed by atoms with van der Waals surface area (Å²) in [6.07, 6.45) is 3.43. The summed E-state index contributed by atoms with van der Waals surface area (Å²) in [5.41, 5.74) is 0.667. The molecule has 0 unspecified atom stereocenters. The van der Waals surface area contributed by atoms with E-state index in [0.29, 0.717) is 5.02 Å². The van der Waals surface area contributed by atoms with Crippen LogP contribution >= 0.6 is 27.5 Å². The summed E-state index contributed by atoms with van der Waals surface area (Å²) >= 11 is 9.28. The molecular formula is C10H7BrClNO. The van der Waals surface area contributed by atoms with E-state index in [1.165, 1.54) is 0 Å². The summed E-state index contributed by atoms with van der Waals surface area (Å²) in [5.74, 6) is 0. The molecule has 1 aromatic rings. The van der Waals surface area contributed by atoms with E-state index >= 15 is 0 Å². The van der Waals surface area contributed by atoms with E-state index in [2.05, 4.69) is 20.9 Å². The first-order valence-electron chi connectivity index (χ1n) is 4.22. The average molecular weight is 273 g/mol. The van der Waals surface area contributed by atoms with E-state index in [1.54, 1.807) is 6.08 Å². The van der Waals surface area contributed by atoms with Crippen LogP contribution in [0.25, 0.3) is 0 Å². The van der Waals surface area contributed by atoms with Gasteiger partial charge in [-0.15, -0.1) is 0 Å². The Bertz CT molecular complexity index is 422. The third-order valence-electron chi connectivity index (χ3n) is 2.44. The molecule has 1 aromatic carbocycles. The first-order valence-corrected chi connectivity index (χ1v) is 5.40. The molecule has 0 bridgehead atoms. The lowest BCUT2D eigenvalue weighted by molar-refractivity contribution is 0.556. The molecule has 4 heteroatoms. The van der Waals surface area contributed by atoms with Crippen LogP contribution in [0.3, 0.4) is 0 Å². The summed E-state index contributed by atoms with van der Waals surface area (Å²) in [4.78, 5) is 14.1. The minimum atomic E-state index is -0.327. The Morgan fingerprint density at radius 3 is 2.71 bits per heavy atom. The Kier molecular flexibility index (Phi) is 2.48. The monoisotopic (exact) mass is 271 g/mol. The van der Waals surface area contributed by atoms with E-state index < -0.39 is 0 Å². The standard InChI is InChI=1S/C10H7BrClNO/c11-8-2-1-7(5-9(8)12)10(3-4-10)13-6-14/h1-2,5H,3-4H2.